The van der Waals surface area contributed by atoms with Gasteiger partial charge in [-0.05, 0) is 42.1 Å². The fourth-order valence-corrected chi connectivity index (χ4v) is 2.53. The molecule has 1 aromatic carbocycles. The van der Waals surface area contributed by atoms with Gasteiger partial charge < -0.3 is 15.4 Å². The van der Waals surface area contributed by atoms with Crippen molar-refractivity contribution in [3.8, 4) is 5.75 Å². The van der Waals surface area contributed by atoms with Crippen molar-refractivity contribution in [1.29, 1.82) is 0 Å². The van der Waals surface area contributed by atoms with E-state index in [1.165, 1.54) is 23.5 Å². The second-order valence-corrected chi connectivity index (χ2v) is 5.94. The Balaban J connectivity index is 1.50. The average Bonchev–Trinajstić information content (AvgIpc) is 3.11. The summed E-state index contributed by atoms with van der Waals surface area (Å²) in [7, 11) is 0. The SMILES string of the molecule is O=C(CCNC(=O)c1cccs1)NCCCOc1ccc(F)cc1. The van der Waals surface area contributed by atoms with Crippen LogP contribution < -0.4 is 15.4 Å². The van der Waals surface area contributed by atoms with E-state index in [-0.39, 0.29) is 24.1 Å². The van der Waals surface area contributed by atoms with Gasteiger partial charge in [0.15, 0.2) is 0 Å². The van der Waals surface area contributed by atoms with Crippen molar-refractivity contribution in [2.45, 2.75) is 12.8 Å². The van der Waals surface area contributed by atoms with E-state index >= 15 is 0 Å². The monoisotopic (exact) mass is 350 g/mol. The first-order valence-corrected chi connectivity index (χ1v) is 8.50. The van der Waals surface area contributed by atoms with Gasteiger partial charge in [0.25, 0.3) is 5.91 Å². The maximum atomic E-state index is 12.7. The number of rotatable bonds is 9. The maximum absolute atomic E-state index is 12.7. The van der Waals surface area contributed by atoms with Gasteiger partial charge in [-0.3, -0.25) is 9.59 Å². The van der Waals surface area contributed by atoms with Gasteiger partial charge >= 0.3 is 0 Å². The molecule has 1 aromatic heterocycles. The number of hydrogen-bond acceptors (Lipinski definition) is 4. The van der Waals surface area contributed by atoms with E-state index < -0.39 is 0 Å². The molecule has 128 valence electrons. The summed E-state index contributed by atoms with van der Waals surface area (Å²) < 4.78 is 18.1. The highest BCUT2D eigenvalue weighted by molar-refractivity contribution is 7.12. The number of benzene rings is 1. The zero-order valence-corrected chi connectivity index (χ0v) is 13.9. The van der Waals surface area contributed by atoms with Crippen LogP contribution in [0.2, 0.25) is 0 Å². The molecule has 0 radical (unpaired) electrons. The zero-order chi connectivity index (χ0) is 17.2. The van der Waals surface area contributed by atoms with Gasteiger partial charge in [0.1, 0.15) is 11.6 Å². The third kappa shape index (κ3) is 6.37. The van der Waals surface area contributed by atoms with Gasteiger partial charge in [0.2, 0.25) is 5.91 Å². The van der Waals surface area contributed by atoms with Crippen LogP contribution in [0, 0.1) is 5.82 Å². The number of ether oxygens (including phenoxy) is 1. The average molecular weight is 350 g/mol. The molecule has 0 spiro atoms. The first kappa shape index (κ1) is 17.9. The Labute approximate surface area is 143 Å². The third-order valence-corrected chi connectivity index (χ3v) is 3.98. The Morgan fingerprint density at radius 1 is 1.08 bits per heavy atom. The summed E-state index contributed by atoms with van der Waals surface area (Å²) >= 11 is 1.36. The van der Waals surface area contributed by atoms with Gasteiger partial charge in [-0.1, -0.05) is 6.07 Å². The van der Waals surface area contributed by atoms with Crippen molar-refractivity contribution < 1.29 is 18.7 Å². The summed E-state index contributed by atoms with van der Waals surface area (Å²) in [5, 5.41) is 7.29. The van der Waals surface area contributed by atoms with Gasteiger partial charge in [-0.15, -0.1) is 11.3 Å². The molecule has 0 saturated carbocycles. The topological polar surface area (TPSA) is 67.4 Å². The van der Waals surface area contributed by atoms with E-state index in [0.717, 1.165) is 0 Å². The Morgan fingerprint density at radius 2 is 1.88 bits per heavy atom. The van der Waals surface area contributed by atoms with Crippen molar-refractivity contribution in [2.75, 3.05) is 19.7 Å². The Kier molecular flexibility index (Phi) is 7.22. The third-order valence-electron chi connectivity index (χ3n) is 3.11. The van der Waals surface area contributed by atoms with E-state index in [1.54, 1.807) is 24.3 Å². The molecule has 0 aliphatic rings. The summed E-state index contributed by atoms with van der Waals surface area (Å²) in [6.07, 6.45) is 0.876. The second kappa shape index (κ2) is 9.67. The number of carbonyl (C=O) groups excluding carboxylic acids is 2. The van der Waals surface area contributed by atoms with E-state index in [2.05, 4.69) is 10.6 Å². The highest BCUT2D eigenvalue weighted by Crippen LogP contribution is 2.11. The molecule has 0 bridgehead atoms. The molecular weight excluding hydrogens is 331 g/mol. The van der Waals surface area contributed by atoms with Crippen LogP contribution in [-0.2, 0) is 4.79 Å². The quantitative estimate of drug-likeness (QED) is 0.683. The highest BCUT2D eigenvalue weighted by atomic mass is 32.1. The fourth-order valence-electron chi connectivity index (χ4n) is 1.89. The molecule has 2 rings (SSSR count). The van der Waals surface area contributed by atoms with Crippen molar-refractivity contribution in [3.63, 3.8) is 0 Å². The van der Waals surface area contributed by atoms with Crippen LogP contribution in [0.1, 0.15) is 22.5 Å². The normalized spacial score (nSPS) is 10.2. The van der Waals surface area contributed by atoms with Crippen molar-refractivity contribution in [3.05, 3.63) is 52.5 Å². The Bertz CT molecular complexity index is 644. The largest absolute Gasteiger partial charge is 0.494 e. The lowest BCUT2D eigenvalue weighted by Gasteiger charge is -2.08. The lowest BCUT2D eigenvalue weighted by atomic mass is 10.3. The molecule has 2 aromatic rings. The summed E-state index contributed by atoms with van der Waals surface area (Å²) in [5.41, 5.74) is 0. The number of hydrogen-bond donors (Lipinski definition) is 2. The van der Waals surface area contributed by atoms with E-state index in [9.17, 15) is 14.0 Å². The molecule has 0 fully saturated rings. The highest BCUT2D eigenvalue weighted by Gasteiger charge is 2.06. The minimum absolute atomic E-state index is 0.122. The molecule has 24 heavy (non-hydrogen) atoms. The molecule has 0 saturated heterocycles. The van der Waals surface area contributed by atoms with Crippen molar-refractivity contribution >= 4 is 23.2 Å². The molecule has 5 nitrogen and oxygen atoms in total. The van der Waals surface area contributed by atoms with E-state index in [0.29, 0.717) is 36.7 Å². The summed E-state index contributed by atoms with van der Waals surface area (Å²) in [6, 6.07) is 9.33. The van der Waals surface area contributed by atoms with Crippen LogP contribution in [0.5, 0.6) is 5.75 Å². The van der Waals surface area contributed by atoms with Crippen LogP contribution in [-0.4, -0.2) is 31.5 Å². The smallest absolute Gasteiger partial charge is 0.261 e. The summed E-state index contributed by atoms with van der Waals surface area (Å²) in [6.45, 7) is 1.22. The molecule has 0 aliphatic heterocycles. The molecule has 0 unspecified atom stereocenters. The minimum atomic E-state index is -0.305. The van der Waals surface area contributed by atoms with Gasteiger partial charge in [0.05, 0.1) is 11.5 Å². The summed E-state index contributed by atoms with van der Waals surface area (Å²) in [5.74, 6) is 0.00792. The van der Waals surface area contributed by atoms with E-state index in [4.69, 9.17) is 4.74 Å². The lowest BCUT2D eigenvalue weighted by Crippen LogP contribution is -2.31. The number of halogens is 1. The molecule has 0 atom stereocenters. The number of thiophene rings is 1. The molecule has 2 N–H and O–H groups in total. The second-order valence-electron chi connectivity index (χ2n) is 4.99. The Morgan fingerprint density at radius 3 is 2.58 bits per heavy atom. The fraction of sp³-hybridized carbons (Fsp3) is 0.294. The van der Waals surface area contributed by atoms with E-state index in [1.807, 2.05) is 5.38 Å². The predicted octanol–water partition coefficient (Wildman–Crippen LogP) is 2.59. The molecule has 0 aliphatic carbocycles. The van der Waals surface area contributed by atoms with Gasteiger partial charge in [-0.25, -0.2) is 4.39 Å². The summed E-state index contributed by atoms with van der Waals surface area (Å²) in [4.78, 5) is 23.9. The van der Waals surface area contributed by atoms with Crippen LogP contribution >= 0.6 is 11.3 Å². The molecule has 1 heterocycles. The number of nitrogens with one attached hydrogen (secondary N) is 2. The maximum Gasteiger partial charge on any atom is 0.261 e. The molecule has 7 heteroatoms. The molecular formula is C17H19FN2O3S. The zero-order valence-electron chi connectivity index (χ0n) is 13.1. The van der Waals surface area contributed by atoms with Crippen molar-refractivity contribution in [1.82, 2.24) is 10.6 Å². The predicted molar refractivity (Wildman–Crippen MR) is 90.8 cm³/mol. The van der Waals surface area contributed by atoms with Crippen molar-refractivity contribution in [2.24, 2.45) is 0 Å². The van der Waals surface area contributed by atoms with Crippen LogP contribution in [0.3, 0.4) is 0 Å². The lowest BCUT2D eigenvalue weighted by molar-refractivity contribution is -0.120. The minimum Gasteiger partial charge on any atom is -0.494 e. The van der Waals surface area contributed by atoms with Crippen LogP contribution in [0.25, 0.3) is 0 Å². The first-order valence-electron chi connectivity index (χ1n) is 7.62. The Hall–Kier alpha value is -2.41. The molecule has 2 amide bonds. The van der Waals surface area contributed by atoms with Gasteiger partial charge in [-0.2, -0.15) is 0 Å². The standard InChI is InChI=1S/C17H19FN2O3S/c18-13-4-6-14(7-5-13)23-11-2-9-19-16(21)8-10-20-17(22)15-3-1-12-24-15/h1,3-7,12H,2,8-11H2,(H,19,21)(H,20,22). The number of amides is 2. The van der Waals surface area contributed by atoms with Crippen LogP contribution in [0.4, 0.5) is 4.39 Å². The van der Waals surface area contributed by atoms with Gasteiger partial charge in [0, 0.05) is 19.5 Å². The first-order chi connectivity index (χ1) is 11.6. The van der Waals surface area contributed by atoms with Crippen LogP contribution in [0.15, 0.2) is 41.8 Å². The number of carbonyl (C=O) groups is 2.